The van der Waals surface area contributed by atoms with E-state index < -0.39 is 5.82 Å². The van der Waals surface area contributed by atoms with Crippen molar-refractivity contribution < 1.29 is 9.50 Å². The molecule has 0 radical (unpaired) electrons. The summed E-state index contributed by atoms with van der Waals surface area (Å²) in [4.78, 5) is 8.89. The Morgan fingerprint density at radius 2 is 1.89 bits per heavy atom. The van der Waals surface area contributed by atoms with Gasteiger partial charge in [-0.2, -0.15) is 5.10 Å². The maximum absolute atomic E-state index is 13.5. The number of fused-ring (bicyclic) bond motifs is 1. The number of pyridine rings is 2. The molecule has 5 nitrogen and oxygen atoms in total. The SMILES string of the molecule is Cc1cc(CO)nc(-c2nccc3nn(-c4c(Cl)cc(F)cc4Cl)cc23)c1. The summed E-state index contributed by atoms with van der Waals surface area (Å²) in [6, 6.07) is 7.82. The first-order chi connectivity index (χ1) is 13.0. The summed E-state index contributed by atoms with van der Waals surface area (Å²) in [7, 11) is 0. The van der Waals surface area contributed by atoms with Crippen LogP contribution in [0.15, 0.2) is 42.7 Å². The summed E-state index contributed by atoms with van der Waals surface area (Å²) >= 11 is 12.3. The minimum Gasteiger partial charge on any atom is -0.390 e. The topological polar surface area (TPSA) is 63.8 Å². The van der Waals surface area contributed by atoms with Crippen LogP contribution >= 0.6 is 23.2 Å². The Labute approximate surface area is 164 Å². The van der Waals surface area contributed by atoms with Crippen LogP contribution in [-0.2, 0) is 6.61 Å². The molecule has 0 amide bonds. The molecule has 136 valence electrons. The molecule has 0 spiro atoms. The van der Waals surface area contributed by atoms with Crippen LogP contribution in [0.2, 0.25) is 10.0 Å². The average Bonchev–Trinajstić information content (AvgIpc) is 3.03. The largest absolute Gasteiger partial charge is 0.390 e. The molecule has 0 aliphatic rings. The van der Waals surface area contributed by atoms with Crippen LogP contribution in [0.5, 0.6) is 0 Å². The van der Waals surface area contributed by atoms with Crippen molar-refractivity contribution in [3.05, 3.63) is 69.8 Å². The van der Waals surface area contributed by atoms with Gasteiger partial charge in [-0.15, -0.1) is 0 Å². The molecule has 0 bridgehead atoms. The summed E-state index contributed by atoms with van der Waals surface area (Å²) in [5.74, 6) is -0.520. The molecule has 1 aromatic carbocycles. The number of aliphatic hydroxyl groups excluding tert-OH is 1. The predicted molar refractivity (Wildman–Crippen MR) is 103 cm³/mol. The molecule has 3 aromatic heterocycles. The fraction of sp³-hybridized carbons (Fsp3) is 0.105. The normalized spacial score (nSPS) is 11.3. The van der Waals surface area contributed by atoms with Gasteiger partial charge in [-0.25, -0.2) is 14.1 Å². The summed E-state index contributed by atoms with van der Waals surface area (Å²) in [5.41, 5.74) is 3.80. The second kappa shape index (κ2) is 6.88. The van der Waals surface area contributed by atoms with E-state index in [1.54, 1.807) is 18.5 Å². The van der Waals surface area contributed by atoms with Gasteiger partial charge >= 0.3 is 0 Å². The highest BCUT2D eigenvalue weighted by Crippen LogP contribution is 2.32. The third kappa shape index (κ3) is 3.27. The summed E-state index contributed by atoms with van der Waals surface area (Å²) in [6.45, 7) is 1.76. The van der Waals surface area contributed by atoms with Crippen LogP contribution in [0.4, 0.5) is 4.39 Å². The number of aryl methyl sites for hydroxylation is 1. The highest BCUT2D eigenvalue weighted by atomic mass is 35.5. The van der Waals surface area contributed by atoms with Crippen molar-refractivity contribution in [2.45, 2.75) is 13.5 Å². The molecule has 4 rings (SSSR count). The zero-order valence-corrected chi connectivity index (χ0v) is 15.6. The third-order valence-electron chi connectivity index (χ3n) is 4.07. The van der Waals surface area contributed by atoms with Gasteiger partial charge in [-0.1, -0.05) is 23.2 Å². The Kier molecular flexibility index (Phi) is 4.55. The molecule has 0 aliphatic carbocycles. The van der Waals surface area contributed by atoms with Gasteiger partial charge in [-0.05, 0) is 42.8 Å². The summed E-state index contributed by atoms with van der Waals surface area (Å²) in [5, 5.41) is 15.0. The quantitative estimate of drug-likeness (QED) is 0.537. The Balaban J connectivity index is 1.93. The van der Waals surface area contributed by atoms with Crippen molar-refractivity contribution in [1.82, 2.24) is 19.7 Å². The van der Waals surface area contributed by atoms with Gasteiger partial charge in [0, 0.05) is 17.8 Å². The van der Waals surface area contributed by atoms with E-state index in [2.05, 4.69) is 15.1 Å². The molecule has 1 N–H and O–H groups in total. The van der Waals surface area contributed by atoms with Crippen molar-refractivity contribution in [2.24, 2.45) is 0 Å². The zero-order valence-electron chi connectivity index (χ0n) is 14.1. The summed E-state index contributed by atoms with van der Waals surface area (Å²) in [6.07, 6.45) is 3.36. The van der Waals surface area contributed by atoms with Crippen LogP contribution in [0, 0.1) is 12.7 Å². The molecule has 0 aliphatic heterocycles. The van der Waals surface area contributed by atoms with E-state index in [1.807, 2.05) is 19.1 Å². The van der Waals surface area contributed by atoms with E-state index >= 15 is 0 Å². The minimum absolute atomic E-state index is 0.151. The van der Waals surface area contributed by atoms with Gasteiger partial charge in [0.05, 0.1) is 39.3 Å². The second-order valence-corrected chi connectivity index (χ2v) is 6.88. The average molecular weight is 403 g/mol. The van der Waals surface area contributed by atoms with E-state index in [0.717, 1.165) is 10.9 Å². The molecule has 27 heavy (non-hydrogen) atoms. The molecule has 8 heteroatoms. The van der Waals surface area contributed by atoms with Crippen LogP contribution in [0.3, 0.4) is 0 Å². The fourth-order valence-corrected chi connectivity index (χ4v) is 3.59. The molecular formula is C19H13Cl2FN4O. The van der Waals surface area contributed by atoms with E-state index in [1.165, 1.54) is 16.8 Å². The number of halogens is 3. The predicted octanol–water partition coefficient (Wildman–Crippen LogP) is 4.73. The second-order valence-electron chi connectivity index (χ2n) is 6.06. The number of hydrogen-bond donors (Lipinski definition) is 1. The number of hydrogen-bond acceptors (Lipinski definition) is 4. The Hall–Kier alpha value is -2.54. The molecular weight excluding hydrogens is 390 g/mol. The van der Waals surface area contributed by atoms with Crippen molar-refractivity contribution in [3.63, 3.8) is 0 Å². The van der Waals surface area contributed by atoms with Gasteiger partial charge in [-0.3, -0.25) is 4.98 Å². The van der Waals surface area contributed by atoms with E-state index in [9.17, 15) is 9.50 Å². The lowest BCUT2D eigenvalue weighted by atomic mass is 10.1. The fourth-order valence-electron chi connectivity index (χ4n) is 2.96. The van der Waals surface area contributed by atoms with Gasteiger partial charge in [0.25, 0.3) is 0 Å². The van der Waals surface area contributed by atoms with Crippen LogP contribution in [0.1, 0.15) is 11.3 Å². The summed E-state index contributed by atoms with van der Waals surface area (Å²) < 4.78 is 15.0. The number of nitrogens with zero attached hydrogens (tertiary/aromatic N) is 4. The van der Waals surface area contributed by atoms with Gasteiger partial charge < -0.3 is 5.11 Å². The Morgan fingerprint density at radius 1 is 1.15 bits per heavy atom. The number of aromatic nitrogens is 4. The molecule has 4 aromatic rings. The van der Waals surface area contributed by atoms with Crippen LogP contribution < -0.4 is 0 Å². The lowest BCUT2D eigenvalue weighted by Gasteiger charge is -2.07. The van der Waals surface area contributed by atoms with E-state index in [-0.39, 0.29) is 16.7 Å². The zero-order chi connectivity index (χ0) is 19.1. The first-order valence-electron chi connectivity index (χ1n) is 8.04. The standard InChI is InChI=1S/C19H13Cl2FN4O/c1-10-4-12(9-27)24-17(5-10)18-13-8-26(25-16(13)2-3-23-18)19-14(20)6-11(22)7-15(19)21/h2-8,27H,9H2,1H3. The first-order valence-corrected chi connectivity index (χ1v) is 8.80. The molecule has 0 unspecified atom stereocenters. The molecule has 0 saturated heterocycles. The monoisotopic (exact) mass is 402 g/mol. The van der Waals surface area contributed by atoms with Crippen molar-refractivity contribution in [3.8, 4) is 17.1 Å². The number of aliphatic hydroxyl groups is 1. The lowest BCUT2D eigenvalue weighted by Crippen LogP contribution is -1.97. The van der Waals surface area contributed by atoms with Crippen molar-refractivity contribution in [2.75, 3.05) is 0 Å². The van der Waals surface area contributed by atoms with E-state index in [4.69, 9.17) is 23.2 Å². The highest BCUT2D eigenvalue weighted by molar-refractivity contribution is 6.37. The maximum atomic E-state index is 13.5. The Morgan fingerprint density at radius 3 is 2.59 bits per heavy atom. The van der Waals surface area contributed by atoms with Crippen LogP contribution in [-0.4, -0.2) is 24.9 Å². The van der Waals surface area contributed by atoms with Gasteiger partial charge in [0.1, 0.15) is 11.5 Å². The molecule has 0 atom stereocenters. The van der Waals surface area contributed by atoms with Gasteiger partial charge in [0.2, 0.25) is 0 Å². The minimum atomic E-state index is -0.520. The van der Waals surface area contributed by atoms with Crippen molar-refractivity contribution >= 4 is 34.1 Å². The third-order valence-corrected chi connectivity index (χ3v) is 4.65. The van der Waals surface area contributed by atoms with E-state index in [0.29, 0.717) is 28.3 Å². The molecule has 3 heterocycles. The number of rotatable bonds is 3. The number of benzene rings is 1. The molecule has 0 saturated carbocycles. The van der Waals surface area contributed by atoms with Gasteiger partial charge in [0.15, 0.2) is 0 Å². The van der Waals surface area contributed by atoms with Crippen LogP contribution in [0.25, 0.3) is 28.0 Å². The Bertz CT molecular complexity index is 1150. The first kappa shape index (κ1) is 17.9. The highest BCUT2D eigenvalue weighted by Gasteiger charge is 2.16. The smallest absolute Gasteiger partial charge is 0.126 e. The lowest BCUT2D eigenvalue weighted by molar-refractivity contribution is 0.277. The maximum Gasteiger partial charge on any atom is 0.126 e. The van der Waals surface area contributed by atoms with Crippen molar-refractivity contribution in [1.29, 1.82) is 0 Å². The molecule has 0 fully saturated rings.